The summed E-state index contributed by atoms with van der Waals surface area (Å²) < 4.78 is 3.42. The van der Waals surface area contributed by atoms with Gasteiger partial charge in [0.05, 0.1) is 11.0 Å². The Morgan fingerprint density at radius 1 is 1.29 bits per heavy atom. The molecule has 1 aromatic carbocycles. The second-order valence-corrected chi connectivity index (χ2v) is 5.18. The molecule has 0 aliphatic rings. The number of carboxylic acids is 1. The molecule has 0 unspecified atom stereocenters. The average Bonchev–Trinajstić information content (AvgIpc) is 2.95. The molecule has 0 saturated carbocycles. The van der Waals surface area contributed by atoms with E-state index in [1.54, 1.807) is 15.4 Å². The number of fused-ring (bicyclic) bond motifs is 1. The first-order valence-corrected chi connectivity index (χ1v) is 6.65. The first-order chi connectivity index (χ1) is 9.97. The molecular weight excluding hydrogens is 268 g/mol. The molecule has 0 atom stereocenters. The number of aryl methyl sites for hydroxylation is 3. The average molecular weight is 284 g/mol. The van der Waals surface area contributed by atoms with Crippen molar-refractivity contribution in [1.82, 2.24) is 19.3 Å². The third kappa shape index (κ3) is 2.18. The topological polar surface area (TPSA) is 72.9 Å². The van der Waals surface area contributed by atoms with Crippen LogP contribution in [0.3, 0.4) is 0 Å². The van der Waals surface area contributed by atoms with Crippen molar-refractivity contribution in [2.24, 2.45) is 7.05 Å². The zero-order valence-corrected chi connectivity index (χ0v) is 12.2. The van der Waals surface area contributed by atoms with Gasteiger partial charge in [-0.15, -0.1) is 0 Å². The fourth-order valence-electron chi connectivity index (χ4n) is 2.46. The Bertz CT molecular complexity index is 845. The van der Waals surface area contributed by atoms with E-state index in [9.17, 15) is 9.90 Å². The van der Waals surface area contributed by atoms with Crippen molar-refractivity contribution in [2.75, 3.05) is 0 Å². The van der Waals surface area contributed by atoms with Crippen LogP contribution in [0.4, 0.5) is 0 Å². The lowest BCUT2D eigenvalue weighted by atomic mass is 10.1. The minimum absolute atomic E-state index is 0.125. The molecule has 0 aliphatic heterocycles. The molecule has 3 aromatic rings. The van der Waals surface area contributed by atoms with Crippen LogP contribution in [0, 0.1) is 13.8 Å². The van der Waals surface area contributed by atoms with Gasteiger partial charge in [-0.05, 0) is 43.2 Å². The maximum atomic E-state index is 11.2. The summed E-state index contributed by atoms with van der Waals surface area (Å²) in [5.41, 5.74) is 4.68. The summed E-state index contributed by atoms with van der Waals surface area (Å²) in [7, 11) is 1.82. The van der Waals surface area contributed by atoms with Crippen LogP contribution in [0.15, 0.2) is 24.4 Å². The first kappa shape index (κ1) is 13.4. The molecule has 0 aliphatic carbocycles. The van der Waals surface area contributed by atoms with E-state index < -0.39 is 5.97 Å². The molecular formula is C15H16N4O2. The van der Waals surface area contributed by atoms with Crippen molar-refractivity contribution in [3.05, 3.63) is 35.5 Å². The molecule has 0 fully saturated rings. The summed E-state index contributed by atoms with van der Waals surface area (Å²) in [5.74, 6) is -0.270. The fourth-order valence-corrected chi connectivity index (χ4v) is 2.46. The summed E-state index contributed by atoms with van der Waals surface area (Å²) in [6.45, 7) is 3.91. The van der Waals surface area contributed by atoms with Crippen molar-refractivity contribution < 1.29 is 9.90 Å². The summed E-state index contributed by atoms with van der Waals surface area (Å²) in [4.78, 5) is 15.8. The lowest BCUT2D eigenvalue weighted by Crippen LogP contribution is -2.11. The maximum absolute atomic E-state index is 11.2. The third-order valence-electron chi connectivity index (χ3n) is 3.71. The monoisotopic (exact) mass is 284 g/mol. The van der Waals surface area contributed by atoms with E-state index in [1.165, 1.54) is 0 Å². The largest absolute Gasteiger partial charge is 0.480 e. The Kier molecular flexibility index (Phi) is 3.01. The number of aliphatic carboxylic acids is 1. The zero-order valence-electron chi connectivity index (χ0n) is 12.2. The number of hydrogen-bond donors (Lipinski definition) is 1. The minimum Gasteiger partial charge on any atom is -0.480 e. The molecule has 0 saturated heterocycles. The molecule has 2 heterocycles. The van der Waals surface area contributed by atoms with Gasteiger partial charge in [-0.3, -0.25) is 9.48 Å². The number of carboxylic acid groups (broad SMARTS) is 1. The Morgan fingerprint density at radius 3 is 2.62 bits per heavy atom. The van der Waals surface area contributed by atoms with Gasteiger partial charge in [-0.1, -0.05) is 0 Å². The van der Waals surface area contributed by atoms with Crippen LogP contribution < -0.4 is 0 Å². The molecule has 0 bridgehead atoms. The van der Waals surface area contributed by atoms with Gasteiger partial charge in [-0.25, -0.2) is 4.98 Å². The molecule has 3 rings (SSSR count). The third-order valence-corrected chi connectivity index (χ3v) is 3.71. The van der Waals surface area contributed by atoms with Gasteiger partial charge in [0.15, 0.2) is 5.82 Å². The SMILES string of the molecule is Cc1cc2nc(-c3ccnn3C)n(CC(=O)O)c2cc1C. The first-order valence-electron chi connectivity index (χ1n) is 6.65. The highest BCUT2D eigenvalue weighted by atomic mass is 16.4. The number of imidazole rings is 1. The van der Waals surface area contributed by atoms with E-state index in [4.69, 9.17) is 0 Å². The van der Waals surface area contributed by atoms with E-state index in [0.717, 1.165) is 27.9 Å². The molecule has 21 heavy (non-hydrogen) atoms. The number of rotatable bonds is 3. The Morgan fingerprint density at radius 2 is 2.00 bits per heavy atom. The fraction of sp³-hybridized carbons (Fsp3) is 0.267. The van der Waals surface area contributed by atoms with Crippen molar-refractivity contribution >= 4 is 17.0 Å². The molecule has 2 aromatic heterocycles. The molecule has 6 nitrogen and oxygen atoms in total. The Labute approximate surface area is 121 Å². The zero-order chi connectivity index (χ0) is 15.1. The molecule has 6 heteroatoms. The molecule has 0 amide bonds. The lowest BCUT2D eigenvalue weighted by Gasteiger charge is -2.07. The summed E-state index contributed by atoms with van der Waals surface area (Å²) >= 11 is 0. The van der Waals surface area contributed by atoms with Gasteiger partial charge >= 0.3 is 5.97 Å². The summed E-state index contributed by atoms with van der Waals surface area (Å²) in [6.07, 6.45) is 1.68. The minimum atomic E-state index is -0.893. The Balaban J connectivity index is 2.33. The van der Waals surface area contributed by atoms with Gasteiger partial charge in [0.2, 0.25) is 0 Å². The lowest BCUT2D eigenvalue weighted by molar-refractivity contribution is -0.137. The van der Waals surface area contributed by atoms with E-state index >= 15 is 0 Å². The second-order valence-electron chi connectivity index (χ2n) is 5.18. The molecule has 108 valence electrons. The van der Waals surface area contributed by atoms with Crippen LogP contribution in [0.5, 0.6) is 0 Å². The van der Waals surface area contributed by atoms with Crippen LogP contribution in [-0.2, 0) is 18.4 Å². The van der Waals surface area contributed by atoms with E-state index in [1.807, 2.05) is 39.1 Å². The normalized spacial score (nSPS) is 11.2. The molecule has 0 radical (unpaired) electrons. The number of carbonyl (C=O) groups is 1. The second kappa shape index (κ2) is 4.73. The van der Waals surface area contributed by atoms with Crippen molar-refractivity contribution in [1.29, 1.82) is 0 Å². The van der Waals surface area contributed by atoms with Gasteiger partial charge in [0, 0.05) is 13.2 Å². The number of nitrogens with zero attached hydrogens (tertiary/aromatic N) is 4. The van der Waals surface area contributed by atoms with Crippen LogP contribution >= 0.6 is 0 Å². The van der Waals surface area contributed by atoms with Crippen LogP contribution in [0.2, 0.25) is 0 Å². The van der Waals surface area contributed by atoms with Gasteiger partial charge < -0.3 is 9.67 Å². The highest BCUT2D eigenvalue weighted by molar-refractivity contribution is 5.83. The van der Waals surface area contributed by atoms with Gasteiger partial charge in [0.25, 0.3) is 0 Å². The number of aromatic nitrogens is 4. The highest BCUT2D eigenvalue weighted by Gasteiger charge is 2.17. The van der Waals surface area contributed by atoms with E-state index in [2.05, 4.69) is 10.1 Å². The number of benzene rings is 1. The van der Waals surface area contributed by atoms with Crippen molar-refractivity contribution in [3.63, 3.8) is 0 Å². The standard InChI is InChI=1S/C15H16N4O2/c1-9-6-11-13(7-10(9)2)19(8-14(20)21)15(17-11)12-4-5-16-18(12)3/h4-7H,8H2,1-3H3,(H,20,21). The predicted octanol–water partition coefficient (Wildman–Crippen LogP) is 2.14. The quantitative estimate of drug-likeness (QED) is 0.799. The van der Waals surface area contributed by atoms with Gasteiger partial charge in [0.1, 0.15) is 12.2 Å². The van der Waals surface area contributed by atoms with E-state index in [-0.39, 0.29) is 6.54 Å². The van der Waals surface area contributed by atoms with Crippen LogP contribution in [-0.4, -0.2) is 30.4 Å². The van der Waals surface area contributed by atoms with Crippen LogP contribution in [0.25, 0.3) is 22.6 Å². The highest BCUT2D eigenvalue weighted by Crippen LogP contribution is 2.26. The van der Waals surface area contributed by atoms with Gasteiger partial charge in [-0.2, -0.15) is 5.10 Å². The summed E-state index contributed by atoms with van der Waals surface area (Å²) in [6, 6.07) is 5.81. The maximum Gasteiger partial charge on any atom is 0.323 e. The predicted molar refractivity (Wildman–Crippen MR) is 79.0 cm³/mol. The summed E-state index contributed by atoms with van der Waals surface area (Å²) in [5, 5.41) is 13.3. The van der Waals surface area contributed by atoms with Crippen LogP contribution in [0.1, 0.15) is 11.1 Å². The Hall–Kier alpha value is -2.63. The van der Waals surface area contributed by atoms with Crippen molar-refractivity contribution in [3.8, 4) is 11.5 Å². The van der Waals surface area contributed by atoms with Crippen molar-refractivity contribution in [2.45, 2.75) is 20.4 Å². The smallest absolute Gasteiger partial charge is 0.323 e. The number of hydrogen-bond acceptors (Lipinski definition) is 3. The molecule has 0 spiro atoms. The van der Waals surface area contributed by atoms with E-state index in [0.29, 0.717) is 5.82 Å². The molecule has 1 N–H and O–H groups in total.